The summed E-state index contributed by atoms with van der Waals surface area (Å²) in [6.07, 6.45) is 0. The Labute approximate surface area is 112 Å². The fourth-order valence-electron chi connectivity index (χ4n) is 1.93. The zero-order valence-corrected chi connectivity index (χ0v) is 11.0. The lowest BCUT2D eigenvalue weighted by molar-refractivity contribution is 0.0561. The summed E-state index contributed by atoms with van der Waals surface area (Å²) in [6.45, 7) is 2.62. The number of hydrogen-bond donors (Lipinski definition) is 3. The van der Waals surface area contributed by atoms with E-state index < -0.39 is 5.60 Å². The Hall–Kier alpha value is -1.62. The molecule has 0 aliphatic heterocycles. The summed E-state index contributed by atoms with van der Waals surface area (Å²) < 4.78 is 5.36. The third-order valence-electron chi connectivity index (χ3n) is 3.04. The van der Waals surface area contributed by atoms with E-state index in [-0.39, 0.29) is 6.61 Å². The van der Waals surface area contributed by atoms with Crippen LogP contribution in [0, 0.1) is 0 Å². The molecule has 0 fully saturated rings. The lowest BCUT2D eigenvalue weighted by Crippen LogP contribution is -2.35. The number of aliphatic hydroxyl groups is 2. The zero-order chi connectivity index (χ0) is 13.7. The highest BCUT2D eigenvalue weighted by molar-refractivity contribution is 5.21. The van der Waals surface area contributed by atoms with E-state index in [1.54, 1.807) is 13.0 Å². The molecule has 2 aromatic rings. The standard InChI is InChI=1S/C15H19NO3/c1-15(18,12-5-3-2-4-6-12)11-16-9-13-7-8-14(10-17)19-13/h2-8,16-18H,9-11H2,1H3. The van der Waals surface area contributed by atoms with Crippen molar-refractivity contribution in [3.63, 3.8) is 0 Å². The lowest BCUT2D eigenvalue weighted by atomic mass is 9.96. The second kappa shape index (κ2) is 6.02. The van der Waals surface area contributed by atoms with Crippen LogP contribution in [0.1, 0.15) is 24.0 Å². The van der Waals surface area contributed by atoms with Gasteiger partial charge in [-0.25, -0.2) is 0 Å². The molecule has 1 heterocycles. The molecule has 0 spiro atoms. The summed E-state index contributed by atoms with van der Waals surface area (Å²) >= 11 is 0. The minimum atomic E-state index is -0.923. The summed E-state index contributed by atoms with van der Waals surface area (Å²) in [5, 5.41) is 22.4. The number of rotatable bonds is 6. The van der Waals surface area contributed by atoms with Crippen molar-refractivity contribution < 1.29 is 14.6 Å². The molecule has 4 nitrogen and oxygen atoms in total. The number of furan rings is 1. The van der Waals surface area contributed by atoms with Crippen molar-refractivity contribution >= 4 is 0 Å². The maximum Gasteiger partial charge on any atom is 0.129 e. The van der Waals surface area contributed by atoms with Crippen molar-refractivity contribution in [3.05, 3.63) is 59.5 Å². The van der Waals surface area contributed by atoms with Gasteiger partial charge in [-0.2, -0.15) is 0 Å². The van der Waals surface area contributed by atoms with Gasteiger partial charge in [-0.05, 0) is 24.6 Å². The van der Waals surface area contributed by atoms with Crippen molar-refractivity contribution in [1.29, 1.82) is 0 Å². The van der Waals surface area contributed by atoms with Crippen LogP contribution in [0.3, 0.4) is 0 Å². The topological polar surface area (TPSA) is 65.6 Å². The molecule has 2 rings (SSSR count). The van der Waals surface area contributed by atoms with Crippen LogP contribution >= 0.6 is 0 Å². The molecule has 1 atom stereocenters. The van der Waals surface area contributed by atoms with Crippen molar-refractivity contribution in [1.82, 2.24) is 5.32 Å². The quantitative estimate of drug-likeness (QED) is 0.741. The molecule has 0 saturated carbocycles. The molecule has 4 heteroatoms. The Bertz CT molecular complexity index is 505. The molecule has 1 unspecified atom stereocenters. The van der Waals surface area contributed by atoms with Crippen LogP contribution in [0.2, 0.25) is 0 Å². The van der Waals surface area contributed by atoms with Crippen molar-refractivity contribution in [3.8, 4) is 0 Å². The second-order valence-electron chi connectivity index (χ2n) is 4.77. The monoisotopic (exact) mass is 261 g/mol. The molecule has 19 heavy (non-hydrogen) atoms. The third kappa shape index (κ3) is 3.67. The SMILES string of the molecule is CC(O)(CNCc1ccc(CO)o1)c1ccccc1. The van der Waals surface area contributed by atoms with Gasteiger partial charge in [0.05, 0.1) is 12.1 Å². The lowest BCUT2D eigenvalue weighted by Gasteiger charge is -2.24. The fraction of sp³-hybridized carbons (Fsp3) is 0.333. The van der Waals surface area contributed by atoms with E-state index in [1.165, 1.54) is 0 Å². The Kier molecular flexibility index (Phi) is 4.37. The summed E-state index contributed by atoms with van der Waals surface area (Å²) in [4.78, 5) is 0. The Balaban J connectivity index is 1.88. The van der Waals surface area contributed by atoms with E-state index in [4.69, 9.17) is 9.52 Å². The minimum absolute atomic E-state index is 0.0955. The molecule has 3 N–H and O–H groups in total. The van der Waals surface area contributed by atoms with Crippen LogP contribution in [0.25, 0.3) is 0 Å². The Morgan fingerprint density at radius 2 is 1.79 bits per heavy atom. The van der Waals surface area contributed by atoms with Crippen LogP contribution in [-0.4, -0.2) is 16.8 Å². The number of hydrogen-bond acceptors (Lipinski definition) is 4. The van der Waals surface area contributed by atoms with Gasteiger partial charge in [0, 0.05) is 6.54 Å². The molecule has 102 valence electrons. The molecule has 0 aliphatic rings. The van der Waals surface area contributed by atoms with E-state index in [1.807, 2.05) is 36.4 Å². The first-order valence-corrected chi connectivity index (χ1v) is 6.29. The van der Waals surface area contributed by atoms with Gasteiger partial charge in [-0.3, -0.25) is 0 Å². The van der Waals surface area contributed by atoms with Crippen LogP contribution in [-0.2, 0) is 18.8 Å². The summed E-state index contributed by atoms with van der Waals surface area (Å²) in [6, 6.07) is 13.1. The summed E-state index contributed by atoms with van der Waals surface area (Å²) in [5.74, 6) is 1.29. The first-order chi connectivity index (χ1) is 9.12. The van der Waals surface area contributed by atoms with Gasteiger partial charge in [-0.1, -0.05) is 30.3 Å². The van der Waals surface area contributed by atoms with Gasteiger partial charge in [0.2, 0.25) is 0 Å². The van der Waals surface area contributed by atoms with Gasteiger partial charge < -0.3 is 19.9 Å². The number of aliphatic hydroxyl groups excluding tert-OH is 1. The molecule has 0 radical (unpaired) electrons. The predicted molar refractivity (Wildman–Crippen MR) is 72.4 cm³/mol. The van der Waals surface area contributed by atoms with E-state index >= 15 is 0 Å². The van der Waals surface area contributed by atoms with Crippen LogP contribution in [0.4, 0.5) is 0 Å². The van der Waals surface area contributed by atoms with Crippen LogP contribution < -0.4 is 5.32 Å². The Morgan fingerprint density at radius 3 is 2.42 bits per heavy atom. The van der Waals surface area contributed by atoms with Crippen molar-refractivity contribution in [2.24, 2.45) is 0 Å². The first-order valence-electron chi connectivity index (χ1n) is 6.29. The molecule has 0 amide bonds. The van der Waals surface area contributed by atoms with Gasteiger partial charge >= 0.3 is 0 Å². The molecule has 0 bridgehead atoms. The fourth-order valence-corrected chi connectivity index (χ4v) is 1.93. The highest BCUT2D eigenvalue weighted by Gasteiger charge is 2.22. The highest BCUT2D eigenvalue weighted by atomic mass is 16.4. The molecular formula is C15H19NO3. The van der Waals surface area contributed by atoms with Gasteiger partial charge in [-0.15, -0.1) is 0 Å². The average Bonchev–Trinajstić information content (AvgIpc) is 2.87. The average molecular weight is 261 g/mol. The number of nitrogens with one attached hydrogen (secondary N) is 1. The van der Waals surface area contributed by atoms with Crippen LogP contribution in [0.15, 0.2) is 46.9 Å². The van der Waals surface area contributed by atoms with Crippen LogP contribution in [0.5, 0.6) is 0 Å². The van der Waals surface area contributed by atoms with E-state index in [0.717, 1.165) is 11.3 Å². The van der Waals surface area contributed by atoms with Gasteiger partial charge in [0.1, 0.15) is 18.1 Å². The predicted octanol–water partition coefficient (Wildman–Crippen LogP) is 1.77. The normalized spacial score (nSPS) is 14.3. The summed E-state index contributed by atoms with van der Waals surface area (Å²) in [5.41, 5.74) is -0.0498. The molecule has 0 aliphatic carbocycles. The van der Waals surface area contributed by atoms with E-state index in [2.05, 4.69) is 5.32 Å². The molecule has 1 aromatic heterocycles. The smallest absolute Gasteiger partial charge is 0.129 e. The maximum absolute atomic E-state index is 10.4. The van der Waals surface area contributed by atoms with E-state index in [9.17, 15) is 5.11 Å². The van der Waals surface area contributed by atoms with Crippen molar-refractivity contribution in [2.75, 3.05) is 6.54 Å². The zero-order valence-electron chi connectivity index (χ0n) is 11.0. The van der Waals surface area contributed by atoms with Gasteiger partial charge in [0.25, 0.3) is 0 Å². The molecule has 0 saturated heterocycles. The van der Waals surface area contributed by atoms with E-state index in [0.29, 0.717) is 18.8 Å². The second-order valence-corrected chi connectivity index (χ2v) is 4.77. The Morgan fingerprint density at radius 1 is 1.11 bits per heavy atom. The first kappa shape index (κ1) is 13.8. The maximum atomic E-state index is 10.4. The highest BCUT2D eigenvalue weighted by Crippen LogP contribution is 2.19. The molecular weight excluding hydrogens is 242 g/mol. The largest absolute Gasteiger partial charge is 0.462 e. The van der Waals surface area contributed by atoms with Crippen molar-refractivity contribution in [2.45, 2.75) is 25.7 Å². The minimum Gasteiger partial charge on any atom is -0.462 e. The third-order valence-corrected chi connectivity index (χ3v) is 3.04. The molecule has 1 aromatic carbocycles. The van der Waals surface area contributed by atoms with Gasteiger partial charge in [0.15, 0.2) is 0 Å². The number of benzene rings is 1. The summed E-state index contributed by atoms with van der Waals surface area (Å²) in [7, 11) is 0.